The van der Waals surface area contributed by atoms with Gasteiger partial charge in [0, 0.05) is 31.0 Å². The molecular formula is C29H39N3O4. The average molecular weight is 494 g/mol. The largest absolute Gasteiger partial charge is 0.497 e. The smallest absolute Gasteiger partial charge is 0.290 e. The lowest BCUT2D eigenvalue weighted by molar-refractivity contribution is -0.134. The molecule has 0 fully saturated rings. The fourth-order valence-corrected chi connectivity index (χ4v) is 4.08. The Kier molecular flexibility index (Phi) is 9.79. The molecule has 3 rings (SSSR count). The van der Waals surface area contributed by atoms with Crippen LogP contribution in [0.2, 0.25) is 0 Å². The third-order valence-corrected chi connectivity index (χ3v) is 6.51. The van der Waals surface area contributed by atoms with Gasteiger partial charge in [-0.25, -0.2) is 0 Å². The van der Waals surface area contributed by atoms with Crippen molar-refractivity contribution in [2.45, 2.75) is 59.7 Å². The maximum absolute atomic E-state index is 13.6. The maximum Gasteiger partial charge on any atom is 0.290 e. The second-order valence-corrected chi connectivity index (χ2v) is 9.64. The first-order valence-corrected chi connectivity index (χ1v) is 12.7. The Morgan fingerprint density at radius 2 is 1.89 bits per heavy atom. The Hall–Kier alpha value is -3.48. The molecule has 0 aliphatic carbocycles. The monoisotopic (exact) mass is 493 g/mol. The molecule has 2 amide bonds. The molecule has 2 heterocycles. The first kappa shape index (κ1) is 27.1. The summed E-state index contributed by atoms with van der Waals surface area (Å²) in [5.41, 5.74) is 2.16. The number of hydrogen-bond acceptors (Lipinski definition) is 4. The van der Waals surface area contributed by atoms with Gasteiger partial charge in [0.2, 0.25) is 5.91 Å². The Morgan fingerprint density at radius 1 is 1.08 bits per heavy atom. The summed E-state index contributed by atoms with van der Waals surface area (Å²) in [5, 5.41) is 0. The zero-order chi connectivity index (χ0) is 26.1. The van der Waals surface area contributed by atoms with Gasteiger partial charge in [-0.2, -0.15) is 0 Å². The number of aromatic nitrogens is 1. The van der Waals surface area contributed by atoms with Crippen LogP contribution in [0.4, 0.5) is 0 Å². The van der Waals surface area contributed by atoms with Crippen LogP contribution in [-0.4, -0.2) is 52.4 Å². The van der Waals surface area contributed by atoms with Crippen molar-refractivity contribution in [3.05, 3.63) is 78.0 Å². The summed E-state index contributed by atoms with van der Waals surface area (Å²) in [5.74, 6) is 1.17. The molecule has 1 unspecified atom stereocenters. The van der Waals surface area contributed by atoms with Crippen molar-refractivity contribution >= 4 is 11.8 Å². The second kappa shape index (κ2) is 13.0. The van der Waals surface area contributed by atoms with E-state index in [2.05, 4.69) is 38.3 Å². The summed E-state index contributed by atoms with van der Waals surface area (Å²) < 4.78 is 12.9. The van der Waals surface area contributed by atoms with Crippen molar-refractivity contribution in [3.8, 4) is 5.75 Å². The zero-order valence-corrected chi connectivity index (χ0v) is 22.1. The van der Waals surface area contributed by atoms with Crippen LogP contribution in [0.15, 0.2) is 65.4 Å². The molecule has 1 atom stereocenters. The van der Waals surface area contributed by atoms with E-state index >= 15 is 0 Å². The summed E-state index contributed by atoms with van der Waals surface area (Å²) in [6, 6.07) is 15.4. The number of furan rings is 1. The third-order valence-electron chi connectivity index (χ3n) is 6.51. The van der Waals surface area contributed by atoms with Gasteiger partial charge in [0.25, 0.3) is 5.91 Å². The Labute approximate surface area is 214 Å². The van der Waals surface area contributed by atoms with Crippen LogP contribution in [0.3, 0.4) is 0 Å². The highest BCUT2D eigenvalue weighted by Gasteiger charge is 2.26. The van der Waals surface area contributed by atoms with E-state index in [-0.39, 0.29) is 30.2 Å². The Balaban J connectivity index is 1.78. The van der Waals surface area contributed by atoms with Crippen LogP contribution in [0.25, 0.3) is 0 Å². The number of methoxy groups -OCH3 is 1. The lowest BCUT2D eigenvalue weighted by Crippen LogP contribution is -2.46. The van der Waals surface area contributed by atoms with Gasteiger partial charge >= 0.3 is 0 Å². The first-order valence-electron chi connectivity index (χ1n) is 12.7. The van der Waals surface area contributed by atoms with Gasteiger partial charge in [-0.3, -0.25) is 9.59 Å². The van der Waals surface area contributed by atoms with Gasteiger partial charge in [0.15, 0.2) is 5.76 Å². The van der Waals surface area contributed by atoms with Crippen molar-refractivity contribution < 1.29 is 18.7 Å². The molecule has 194 valence electrons. The van der Waals surface area contributed by atoms with Crippen LogP contribution < -0.4 is 4.74 Å². The van der Waals surface area contributed by atoms with Crippen LogP contribution in [-0.2, 0) is 17.9 Å². The number of hydrogen-bond donors (Lipinski definition) is 0. The normalized spacial score (nSPS) is 11.9. The van der Waals surface area contributed by atoms with E-state index in [1.807, 2.05) is 41.4 Å². The van der Waals surface area contributed by atoms with Crippen LogP contribution >= 0.6 is 0 Å². The molecular weight excluding hydrogens is 454 g/mol. The van der Waals surface area contributed by atoms with E-state index < -0.39 is 0 Å². The quantitative estimate of drug-likeness (QED) is 0.317. The molecule has 0 saturated carbocycles. The minimum absolute atomic E-state index is 0.0210. The minimum atomic E-state index is -0.250. The van der Waals surface area contributed by atoms with Crippen molar-refractivity contribution in [1.82, 2.24) is 14.4 Å². The van der Waals surface area contributed by atoms with Gasteiger partial charge in [0.05, 0.1) is 19.9 Å². The molecule has 0 radical (unpaired) electrons. The van der Waals surface area contributed by atoms with Gasteiger partial charge in [-0.05, 0) is 67.6 Å². The van der Waals surface area contributed by atoms with Crippen molar-refractivity contribution in [2.24, 2.45) is 5.92 Å². The molecule has 0 spiro atoms. The molecule has 0 N–H and O–H groups in total. The highest BCUT2D eigenvalue weighted by Crippen LogP contribution is 2.18. The fourth-order valence-electron chi connectivity index (χ4n) is 4.08. The van der Waals surface area contributed by atoms with E-state index in [1.54, 1.807) is 24.1 Å². The molecule has 0 aliphatic heterocycles. The van der Waals surface area contributed by atoms with Crippen LogP contribution in [0.5, 0.6) is 5.75 Å². The number of carbonyl (C=O) groups is 2. The summed E-state index contributed by atoms with van der Waals surface area (Å²) in [4.78, 5) is 30.2. The molecule has 1 aromatic carbocycles. The molecule has 3 aromatic rings. The number of rotatable bonds is 13. The van der Waals surface area contributed by atoms with Crippen molar-refractivity contribution in [2.75, 3.05) is 20.2 Å². The predicted octanol–water partition coefficient (Wildman–Crippen LogP) is 5.45. The molecule has 0 saturated heterocycles. The van der Waals surface area contributed by atoms with E-state index in [0.29, 0.717) is 25.6 Å². The van der Waals surface area contributed by atoms with Gasteiger partial charge in [-0.15, -0.1) is 0 Å². The molecule has 7 nitrogen and oxygen atoms in total. The summed E-state index contributed by atoms with van der Waals surface area (Å²) in [7, 11) is 1.66. The van der Waals surface area contributed by atoms with Gasteiger partial charge in [0.1, 0.15) is 12.3 Å². The Morgan fingerprint density at radius 3 is 2.56 bits per heavy atom. The number of carbonyl (C=O) groups excluding carboxylic acids is 2. The first-order chi connectivity index (χ1) is 17.3. The van der Waals surface area contributed by atoms with Gasteiger partial charge in [-0.1, -0.05) is 32.9 Å². The third kappa shape index (κ3) is 7.26. The SMILES string of the molecule is CCC(C)N(Cc1cccn1Cc1cccc(OC)c1)C(=O)CN(CCC(C)C)C(=O)c1ccco1. The van der Waals surface area contributed by atoms with E-state index in [9.17, 15) is 9.59 Å². The number of ether oxygens (including phenoxy) is 1. The van der Waals surface area contributed by atoms with E-state index in [4.69, 9.17) is 9.15 Å². The second-order valence-electron chi connectivity index (χ2n) is 9.64. The molecule has 36 heavy (non-hydrogen) atoms. The highest BCUT2D eigenvalue weighted by molar-refractivity contribution is 5.94. The lowest BCUT2D eigenvalue weighted by atomic mass is 10.1. The Bertz CT molecular complexity index is 1100. The van der Waals surface area contributed by atoms with Crippen molar-refractivity contribution in [3.63, 3.8) is 0 Å². The number of nitrogens with zero attached hydrogens (tertiary/aromatic N) is 3. The summed E-state index contributed by atoms with van der Waals surface area (Å²) in [6.45, 7) is 10.0. The average Bonchev–Trinajstić information content (AvgIpc) is 3.56. The van der Waals surface area contributed by atoms with Crippen LogP contribution in [0.1, 0.15) is 62.3 Å². The van der Waals surface area contributed by atoms with Crippen LogP contribution in [0, 0.1) is 5.92 Å². The summed E-state index contributed by atoms with van der Waals surface area (Å²) in [6.07, 6.45) is 5.15. The lowest BCUT2D eigenvalue weighted by Gasteiger charge is -2.32. The van der Waals surface area contributed by atoms with E-state index in [1.165, 1.54) is 6.26 Å². The zero-order valence-electron chi connectivity index (χ0n) is 22.1. The molecule has 2 aromatic heterocycles. The standard InChI is InChI=1S/C29H39N3O4/c1-6-23(4)32(20-25-11-8-15-30(25)19-24-10-7-12-26(18-24)35-5)28(33)21-31(16-14-22(2)3)29(34)27-13-9-17-36-27/h7-13,15,17-18,22-23H,6,14,16,19-21H2,1-5H3. The molecule has 0 aliphatic rings. The fraction of sp³-hybridized carbons (Fsp3) is 0.448. The number of amides is 2. The molecule has 7 heteroatoms. The van der Waals surface area contributed by atoms with E-state index in [0.717, 1.165) is 29.8 Å². The molecule has 0 bridgehead atoms. The minimum Gasteiger partial charge on any atom is -0.497 e. The predicted molar refractivity (Wildman–Crippen MR) is 141 cm³/mol. The van der Waals surface area contributed by atoms with Gasteiger partial charge < -0.3 is 23.5 Å². The topological polar surface area (TPSA) is 67.9 Å². The number of benzene rings is 1. The summed E-state index contributed by atoms with van der Waals surface area (Å²) >= 11 is 0. The van der Waals surface area contributed by atoms with Crippen molar-refractivity contribution in [1.29, 1.82) is 0 Å². The maximum atomic E-state index is 13.6. The highest BCUT2D eigenvalue weighted by atomic mass is 16.5.